The third-order valence-corrected chi connectivity index (χ3v) is 4.59. The minimum absolute atomic E-state index is 0.119. The van der Waals surface area contributed by atoms with E-state index in [-0.39, 0.29) is 5.91 Å². The minimum atomic E-state index is -0.401. The molecule has 0 saturated heterocycles. The molecule has 0 aliphatic carbocycles. The molecule has 1 heterocycles. The number of pyridine rings is 1. The number of carbonyl (C=O) groups excluding carboxylic acids is 1. The standard InChI is InChI=1S/C22H21ClN2O2/c1-15-6-11-21(27-2)20(13-15)25-22(26)19(14-18-5-3-4-12-24-18)16-7-9-17(23)10-8-16/h3-13,19H,14H2,1-2H3,(H,25,26). The van der Waals surface area contributed by atoms with E-state index in [1.54, 1.807) is 25.4 Å². The van der Waals surface area contributed by atoms with Crippen molar-refractivity contribution in [3.63, 3.8) is 0 Å². The van der Waals surface area contributed by atoms with Crippen molar-refractivity contribution in [3.05, 3.63) is 88.7 Å². The van der Waals surface area contributed by atoms with E-state index in [1.807, 2.05) is 55.5 Å². The Kier molecular flexibility index (Phi) is 6.09. The lowest BCUT2D eigenvalue weighted by atomic mass is 9.93. The SMILES string of the molecule is COc1ccc(C)cc1NC(=O)C(Cc1ccccn1)c1ccc(Cl)cc1. The number of methoxy groups -OCH3 is 1. The summed E-state index contributed by atoms with van der Waals surface area (Å²) in [5.41, 5.74) is 3.43. The van der Waals surface area contributed by atoms with E-state index in [9.17, 15) is 4.79 Å². The molecule has 0 bridgehead atoms. The van der Waals surface area contributed by atoms with Gasteiger partial charge in [0.1, 0.15) is 5.75 Å². The lowest BCUT2D eigenvalue weighted by Crippen LogP contribution is -2.23. The molecule has 27 heavy (non-hydrogen) atoms. The van der Waals surface area contributed by atoms with Crippen LogP contribution < -0.4 is 10.1 Å². The number of hydrogen-bond acceptors (Lipinski definition) is 3. The molecule has 0 saturated carbocycles. The predicted molar refractivity (Wildman–Crippen MR) is 108 cm³/mol. The molecule has 1 N–H and O–H groups in total. The maximum Gasteiger partial charge on any atom is 0.232 e. The van der Waals surface area contributed by atoms with Crippen molar-refractivity contribution in [2.45, 2.75) is 19.3 Å². The van der Waals surface area contributed by atoms with Crippen LogP contribution in [0.3, 0.4) is 0 Å². The summed E-state index contributed by atoms with van der Waals surface area (Å²) < 4.78 is 5.38. The monoisotopic (exact) mass is 380 g/mol. The first kappa shape index (κ1) is 18.9. The summed E-state index contributed by atoms with van der Waals surface area (Å²) in [5.74, 6) is 0.107. The van der Waals surface area contributed by atoms with Gasteiger partial charge >= 0.3 is 0 Å². The molecule has 0 spiro atoms. The predicted octanol–water partition coefficient (Wildman–Crippen LogP) is 5.02. The van der Waals surface area contributed by atoms with Crippen molar-refractivity contribution >= 4 is 23.2 Å². The number of carbonyl (C=O) groups is 1. The van der Waals surface area contributed by atoms with Crippen LogP contribution in [0.4, 0.5) is 5.69 Å². The molecule has 0 aliphatic heterocycles. The van der Waals surface area contributed by atoms with Gasteiger partial charge in [-0.15, -0.1) is 0 Å². The van der Waals surface area contributed by atoms with Crippen LogP contribution >= 0.6 is 11.6 Å². The summed E-state index contributed by atoms with van der Waals surface area (Å²) in [5, 5.41) is 3.65. The van der Waals surface area contributed by atoms with Gasteiger partial charge in [0.05, 0.1) is 18.7 Å². The lowest BCUT2D eigenvalue weighted by molar-refractivity contribution is -0.117. The minimum Gasteiger partial charge on any atom is -0.495 e. The van der Waals surface area contributed by atoms with E-state index in [1.165, 1.54) is 0 Å². The Bertz CT molecular complexity index is 911. The molecule has 0 aliphatic rings. The number of anilines is 1. The van der Waals surface area contributed by atoms with Gasteiger partial charge in [-0.25, -0.2) is 0 Å². The van der Waals surface area contributed by atoms with Crippen molar-refractivity contribution in [1.29, 1.82) is 0 Å². The van der Waals surface area contributed by atoms with Crippen LogP contribution in [0.1, 0.15) is 22.7 Å². The van der Waals surface area contributed by atoms with Crippen molar-refractivity contribution in [1.82, 2.24) is 4.98 Å². The molecule has 5 heteroatoms. The highest BCUT2D eigenvalue weighted by atomic mass is 35.5. The van der Waals surface area contributed by atoms with E-state index in [2.05, 4.69) is 10.3 Å². The summed E-state index contributed by atoms with van der Waals surface area (Å²) in [6, 6.07) is 18.7. The number of aromatic nitrogens is 1. The summed E-state index contributed by atoms with van der Waals surface area (Å²) in [4.78, 5) is 17.5. The van der Waals surface area contributed by atoms with Gasteiger partial charge in [0.25, 0.3) is 0 Å². The number of hydrogen-bond donors (Lipinski definition) is 1. The number of rotatable bonds is 6. The molecule has 1 atom stereocenters. The fourth-order valence-corrected chi connectivity index (χ4v) is 3.05. The maximum atomic E-state index is 13.2. The van der Waals surface area contributed by atoms with Gasteiger partial charge in [0.2, 0.25) is 5.91 Å². The molecule has 1 aromatic heterocycles. The molecular weight excluding hydrogens is 360 g/mol. The first-order valence-electron chi connectivity index (χ1n) is 8.67. The summed E-state index contributed by atoms with van der Waals surface area (Å²) >= 11 is 6.01. The third-order valence-electron chi connectivity index (χ3n) is 4.34. The van der Waals surface area contributed by atoms with Crippen molar-refractivity contribution < 1.29 is 9.53 Å². The molecule has 1 unspecified atom stereocenters. The second kappa shape index (κ2) is 8.69. The van der Waals surface area contributed by atoms with Gasteiger partial charge < -0.3 is 10.1 Å². The Balaban J connectivity index is 1.91. The van der Waals surface area contributed by atoms with Crippen LogP contribution in [0.25, 0.3) is 0 Å². The maximum absolute atomic E-state index is 13.2. The summed E-state index contributed by atoms with van der Waals surface area (Å²) in [6.07, 6.45) is 2.22. The number of halogens is 1. The molecule has 2 aromatic carbocycles. The highest BCUT2D eigenvalue weighted by Gasteiger charge is 2.23. The van der Waals surface area contributed by atoms with Crippen LogP contribution in [0, 0.1) is 6.92 Å². The second-order valence-electron chi connectivity index (χ2n) is 6.32. The lowest BCUT2D eigenvalue weighted by Gasteiger charge is -2.19. The van der Waals surface area contributed by atoms with Crippen molar-refractivity contribution in [2.75, 3.05) is 12.4 Å². The molecule has 3 rings (SSSR count). The van der Waals surface area contributed by atoms with Gasteiger partial charge in [-0.3, -0.25) is 9.78 Å². The zero-order valence-electron chi connectivity index (χ0n) is 15.3. The van der Waals surface area contributed by atoms with Crippen LogP contribution in [0.2, 0.25) is 5.02 Å². The van der Waals surface area contributed by atoms with E-state index < -0.39 is 5.92 Å². The molecule has 0 fully saturated rings. The van der Waals surface area contributed by atoms with Crippen LogP contribution in [0.15, 0.2) is 66.9 Å². The average molecular weight is 381 g/mol. The number of aryl methyl sites for hydroxylation is 1. The number of nitrogens with zero attached hydrogens (tertiary/aromatic N) is 1. The zero-order valence-corrected chi connectivity index (χ0v) is 16.0. The quantitative estimate of drug-likeness (QED) is 0.653. The third kappa shape index (κ3) is 4.86. The van der Waals surface area contributed by atoms with E-state index in [0.717, 1.165) is 16.8 Å². The van der Waals surface area contributed by atoms with Gasteiger partial charge in [-0.05, 0) is 54.4 Å². The first-order valence-corrected chi connectivity index (χ1v) is 9.05. The van der Waals surface area contributed by atoms with Crippen LogP contribution in [-0.2, 0) is 11.2 Å². The van der Waals surface area contributed by atoms with E-state index in [4.69, 9.17) is 16.3 Å². The van der Waals surface area contributed by atoms with Gasteiger partial charge in [0.15, 0.2) is 0 Å². The summed E-state index contributed by atoms with van der Waals surface area (Å²) in [6.45, 7) is 1.97. The van der Waals surface area contributed by atoms with Crippen LogP contribution in [0.5, 0.6) is 5.75 Å². The number of nitrogens with one attached hydrogen (secondary N) is 1. The Morgan fingerprint density at radius 3 is 2.59 bits per heavy atom. The molecule has 1 amide bonds. The highest BCUT2D eigenvalue weighted by Crippen LogP contribution is 2.29. The van der Waals surface area contributed by atoms with E-state index >= 15 is 0 Å². The fourth-order valence-electron chi connectivity index (χ4n) is 2.92. The highest BCUT2D eigenvalue weighted by molar-refractivity contribution is 6.30. The number of amides is 1. The Morgan fingerprint density at radius 1 is 1.15 bits per heavy atom. The Hall–Kier alpha value is -2.85. The smallest absolute Gasteiger partial charge is 0.232 e. The fraction of sp³-hybridized carbons (Fsp3) is 0.182. The number of benzene rings is 2. The van der Waals surface area contributed by atoms with Crippen molar-refractivity contribution in [3.8, 4) is 5.75 Å². The normalized spacial score (nSPS) is 11.7. The Labute approximate surface area is 164 Å². The average Bonchev–Trinajstić information content (AvgIpc) is 2.68. The van der Waals surface area contributed by atoms with Crippen molar-refractivity contribution in [2.24, 2.45) is 0 Å². The first-order chi connectivity index (χ1) is 13.1. The topological polar surface area (TPSA) is 51.2 Å². The van der Waals surface area contributed by atoms with Crippen LogP contribution in [-0.4, -0.2) is 18.0 Å². The Morgan fingerprint density at radius 2 is 1.93 bits per heavy atom. The molecular formula is C22H21ClN2O2. The zero-order chi connectivity index (χ0) is 19.2. The molecule has 0 radical (unpaired) electrons. The van der Waals surface area contributed by atoms with Gasteiger partial charge in [-0.1, -0.05) is 35.9 Å². The molecule has 138 valence electrons. The number of ether oxygens (including phenoxy) is 1. The van der Waals surface area contributed by atoms with Gasteiger partial charge in [-0.2, -0.15) is 0 Å². The largest absolute Gasteiger partial charge is 0.495 e. The van der Waals surface area contributed by atoms with E-state index in [0.29, 0.717) is 22.9 Å². The molecule has 3 aromatic rings. The van der Waals surface area contributed by atoms with Gasteiger partial charge in [0, 0.05) is 23.3 Å². The second-order valence-corrected chi connectivity index (χ2v) is 6.76. The molecule has 4 nitrogen and oxygen atoms in total. The summed E-state index contributed by atoms with van der Waals surface area (Å²) in [7, 11) is 1.59.